The number of rotatable bonds is 5. The number of aromatic nitrogens is 2. The molecule has 0 atom stereocenters. The Kier molecular flexibility index (Phi) is 11.9. The second-order valence-corrected chi connectivity index (χ2v) is 6.90. The van der Waals surface area contributed by atoms with E-state index in [1.807, 2.05) is 6.92 Å². The molecule has 0 aliphatic carbocycles. The number of benzene rings is 2. The van der Waals surface area contributed by atoms with Crippen molar-refractivity contribution >= 4 is 0 Å². The van der Waals surface area contributed by atoms with Gasteiger partial charge in [-0.2, -0.15) is 0 Å². The molecular weight excluding hydrogens is 423 g/mol. The monoisotopic (exact) mass is 450 g/mol. The molecule has 0 saturated heterocycles. The molecule has 0 N–H and O–H groups in total. The van der Waals surface area contributed by atoms with Crippen molar-refractivity contribution in [1.29, 1.82) is 0 Å². The molecule has 4 rings (SSSR count). The molecule has 0 amide bonds. The van der Waals surface area contributed by atoms with E-state index in [9.17, 15) is 0 Å². The quantitative estimate of drug-likeness (QED) is 0.278. The normalized spacial score (nSPS) is 9.32. The summed E-state index contributed by atoms with van der Waals surface area (Å²) in [4.78, 5) is 0. The van der Waals surface area contributed by atoms with Gasteiger partial charge in [0.2, 0.25) is 0 Å². The fraction of sp³-hybridized carbons (Fsp3) is 0.111. The highest BCUT2D eigenvalue weighted by atomic mass is 35.5. The Morgan fingerprint density at radius 1 is 0.581 bits per heavy atom. The summed E-state index contributed by atoms with van der Waals surface area (Å²) in [5.41, 5.74) is 5.10. The molecule has 4 heteroatoms. The van der Waals surface area contributed by atoms with Crippen molar-refractivity contribution in [2.75, 3.05) is 0 Å². The third kappa shape index (κ3) is 8.37. The van der Waals surface area contributed by atoms with Gasteiger partial charge in [0.25, 0.3) is 0 Å². The molecule has 2 aromatic heterocycles. The maximum absolute atomic E-state index is 3.36. The molecular formula is C27H28Cl2N2. The van der Waals surface area contributed by atoms with Gasteiger partial charge in [0.05, 0.1) is 0 Å². The van der Waals surface area contributed by atoms with Crippen LogP contribution in [0.2, 0.25) is 0 Å². The number of halogens is 2. The summed E-state index contributed by atoms with van der Waals surface area (Å²) in [6.45, 7) is 7.04. The summed E-state index contributed by atoms with van der Waals surface area (Å²) >= 11 is 0. The van der Waals surface area contributed by atoms with Crippen LogP contribution in [-0.2, 0) is 13.1 Å². The van der Waals surface area contributed by atoms with Gasteiger partial charge in [0.1, 0.15) is 0 Å². The molecule has 0 bridgehead atoms. The molecule has 31 heavy (non-hydrogen) atoms. The minimum Gasteiger partial charge on any atom is -1.00 e. The van der Waals surface area contributed by atoms with Crippen LogP contribution in [0.15, 0.2) is 122 Å². The lowest BCUT2D eigenvalue weighted by atomic mass is 10.1. The smallest absolute Gasteiger partial charge is 0.173 e. The van der Waals surface area contributed by atoms with Crippen LogP contribution in [0.3, 0.4) is 0 Å². The van der Waals surface area contributed by atoms with Gasteiger partial charge in [0.15, 0.2) is 37.9 Å². The van der Waals surface area contributed by atoms with Gasteiger partial charge in [-0.3, -0.25) is 0 Å². The van der Waals surface area contributed by atoms with Gasteiger partial charge in [-0.05, 0) is 18.1 Å². The van der Waals surface area contributed by atoms with E-state index in [1.54, 1.807) is 6.08 Å². The van der Waals surface area contributed by atoms with Crippen LogP contribution >= 0.6 is 0 Å². The van der Waals surface area contributed by atoms with Crippen molar-refractivity contribution in [2.45, 2.75) is 20.0 Å². The topological polar surface area (TPSA) is 7.76 Å². The molecule has 2 aromatic carbocycles. The Balaban J connectivity index is 0.000000910. The standard InChI is InChI=1S/C24H22N2.C3H6.2ClH/c1-3-7-21(8-4-1)19-25-15-11-23(12-16-25)24-13-17-26(18-14-24)20-22-9-5-2-6-10-22;1-3-2;;/h1-18H,19-20H2;3H,1H2,2H3;2*1H/q+2;;;/p-2. The molecule has 2 heterocycles. The van der Waals surface area contributed by atoms with Crippen molar-refractivity contribution in [3.05, 3.63) is 133 Å². The maximum Gasteiger partial charge on any atom is 0.173 e. The number of pyridine rings is 2. The highest BCUT2D eigenvalue weighted by molar-refractivity contribution is 5.60. The highest BCUT2D eigenvalue weighted by Gasteiger charge is 2.07. The van der Waals surface area contributed by atoms with Crippen LogP contribution < -0.4 is 33.9 Å². The summed E-state index contributed by atoms with van der Waals surface area (Å²) in [5.74, 6) is 0. The predicted octanol–water partition coefficient (Wildman–Crippen LogP) is -0.774. The van der Waals surface area contributed by atoms with E-state index in [1.165, 1.54) is 22.3 Å². The number of nitrogens with zero attached hydrogens (tertiary/aromatic N) is 2. The lowest BCUT2D eigenvalue weighted by molar-refractivity contribution is -0.688. The lowest BCUT2D eigenvalue weighted by Gasteiger charge is -2.02. The SMILES string of the molecule is C=CC.[Cl-].[Cl-].c1ccc(C[n+]2ccc(-c3cc[n+](Cc4ccccc4)cc3)cc2)cc1. The van der Waals surface area contributed by atoms with Gasteiger partial charge in [-0.15, -0.1) is 6.58 Å². The summed E-state index contributed by atoms with van der Waals surface area (Å²) in [5, 5.41) is 0. The molecule has 4 aromatic rings. The lowest BCUT2D eigenvalue weighted by Crippen LogP contribution is -3.00. The van der Waals surface area contributed by atoms with Crippen molar-refractivity contribution in [2.24, 2.45) is 0 Å². The Morgan fingerprint density at radius 3 is 1.16 bits per heavy atom. The molecule has 0 spiro atoms. The van der Waals surface area contributed by atoms with Gasteiger partial charge >= 0.3 is 0 Å². The van der Waals surface area contributed by atoms with Gasteiger partial charge < -0.3 is 24.8 Å². The fourth-order valence-corrected chi connectivity index (χ4v) is 3.10. The van der Waals surface area contributed by atoms with Crippen molar-refractivity contribution in [1.82, 2.24) is 0 Å². The predicted molar refractivity (Wildman–Crippen MR) is 119 cm³/mol. The molecule has 2 nitrogen and oxygen atoms in total. The fourth-order valence-electron chi connectivity index (χ4n) is 3.10. The van der Waals surface area contributed by atoms with E-state index in [-0.39, 0.29) is 24.8 Å². The van der Waals surface area contributed by atoms with Crippen molar-refractivity contribution in [3.63, 3.8) is 0 Å². The Bertz CT molecular complexity index is 918. The first-order valence-electron chi connectivity index (χ1n) is 9.92. The van der Waals surface area contributed by atoms with E-state index in [4.69, 9.17) is 0 Å². The van der Waals surface area contributed by atoms with Crippen LogP contribution in [-0.4, -0.2) is 0 Å². The largest absolute Gasteiger partial charge is 1.00 e. The minimum absolute atomic E-state index is 0. The van der Waals surface area contributed by atoms with Crippen LogP contribution in [0.1, 0.15) is 18.1 Å². The molecule has 0 aliphatic heterocycles. The molecule has 0 aliphatic rings. The minimum atomic E-state index is 0. The average molecular weight is 451 g/mol. The van der Waals surface area contributed by atoms with Gasteiger partial charge in [-0.1, -0.05) is 66.7 Å². The second-order valence-electron chi connectivity index (χ2n) is 6.90. The van der Waals surface area contributed by atoms with Crippen LogP contribution in [0.5, 0.6) is 0 Å². The molecule has 160 valence electrons. The summed E-state index contributed by atoms with van der Waals surface area (Å²) in [6.07, 6.45) is 10.3. The maximum atomic E-state index is 3.36. The first-order chi connectivity index (χ1) is 14.3. The van der Waals surface area contributed by atoms with E-state index in [2.05, 4.69) is 125 Å². The summed E-state index contributed by atoms with van der Waals surface area (Å²) in [7, 11) is 0. The molecule has 0 unspecified atom stereocenters. The molecule has 0 fully saturated rings. The van der Waals surface area contributed by atoms with Crippen LogP contribution in [0.25, 0.3) is 11.1 Å². The zero-order valence-electron chi connectivity index (χ0n) is 17.7. The first-order valence-corrected chi connectivity index (χ1v) is 9.92. The Hall–Kier alpha value is -2.94. The zero-order valence-corrected chi connectivity index (χ0v) is 19.3. The number of allylic oxidation sites excluding steroid dienone is 1. The van der Waals surface area contributed by atoms with E-state index >= 15 is 0 Å². The second kappa shape index (κ2) is 14.1. The molecule has 0 saturated carbocycles. The summed E-state index contributed by atoms with van der Waals surface area (Å²) in [6, 6.07) is 29.8. The van der Waals surface area contributed by atoms with E-state index in [0.717, 1.165) is 13.1 Å². The van der Waals surface area contributed by atoms with Gasteiger partial charge in [-0.25, -0.2) is 9.13 Å². The average Bonchev–Trinajstić information content (AvgIpc) is 2.77. The number of hydrogen-bond donors (Lipinski definition) is 0. The van der Waals surface area contributed by atoms with Crippen molar-refractivity contribution in [3.8, 4) is 11.1 Å². The third-order valence-electron chi connectivity index (χ3n) is 4.53. The van der Waals surface area contributed by atoms with E-state index < -0.39 is 0 Å². The first kappa shape index (κ1) is 26.1. The number of hydrogen-bond acceptors (Lipinski definition) is 0. The third-order valence-corrected chi connectivity index (χ3v) is 4.53. The highest BCUT2D eigenvalue weighted by Crippen LogP contribution is 2.15. The molecule has 0 radical (unpaired) electrons. The Morgan fingerprint density at radius 2 is 0.871 bits per heavy atom. The van der Waals surface area contributed by atoms with Gasteiger partial charge in [0, 0.05) is 35.4 Å². The Labute approximate surface area is 198 Å². The van der Waals surface area contributed by atoms with E-state index in [0.29, 0.717) is 0 Å². The van der Waals surface area contributed by atoms with Crippen molar-refractivity contribution < 1.29 is 33.9 Å². The van der Waals surface area contributed by atoms with Crippen LogP contribution in [0, 0.1) is 0 Å². The zero-order chi connectivity index (χ0) is 20.3. The van der Waals surface area contributed by atoms with Crippen LogP contribution in [0.4, 0.5) is 0 Å². The summed E-state index contributed by atoms with van der Waals surface area (Å²) < 4.78 is 4.41.